The predicted octanol–water partition coefficient (Wildman–Crippen LogP) is 3.61. The van der Waals surface area contributed by atoms with Crippen LogP contribution in [0.15, 0.2) is 36.4 Å². The van der Waals surface area contributed by atoms with Gasteiger partial charge in [0.25, 0.3) is 0 Å². The summed E-state index contributed by atoms with van der Waals surface area (Å²) < 4.78 is 12.0. The van der Waals surface area contributed by atoms with Crippen LogP contribution in [0.25, 0.3) is 0 Å². The van der Waals surface area contributed by atoms with Gasteiger partial charge in [0.2, 0.25) is 0 Å². The summed E-state index contributed by atoms with van der Waals surface area (Å²) in [6.45, 7) is 11.8. The Hall–Kier alpha value is -0.683. The molecule has 0 saturated heterocycles. The number of carbonyl (C=O) groups is 1. The van der Waals surface area contributed by atoms with E-state index in [0.29, 0.717) is 27.1 Å². The van der Waals surface area contributed by atoms with Crippen molar-refractivity contribution in [2.75, 3.05) is 0 Å². The molecule has 1 unspecified atom stereocenters. The van der Waals surface area contributed by atoms with Crippen molar-refractivity contribution in [1.29, 1.82) is 0 Å². The monoisotopic (exact) mass is 434 g/mol. The summed E-state index contributed by atoms with van der Waals surface area (Å²) in [5.41, 5.74) is -0.529. The fourth-order valence-corrected chi connectivity index (χ4v) is 4.12. The van der Waals surface area contributed by atoms with Crippen molar-refractivity contribution in [1.82, 2.24) is 0 Å². The fourth-order valence-electron chi connectivity index (χ4n) is 2.34. The number of benzene rings is 2. The first-order valence-corrected chi connectivity index (χ1v) is 10.4. The van der Waals surface area contributed by atoms with Crippen LogP contribution in [0.1, 0.15) is 53.3 Å². The Morgan fingerprint density at radius 1 is 0.929 bits per heavy atom. The van der Waals surface area contributed by atoms with Crippen molar-refractivity contribution < 1.29 is 34.6 Å². The van der Waals surface area contributed by atoms with Crippen molar-refractivity contribution in [2.24, 2.45) is 0 Å². The quantitative estimate of drug-likeness (QED) is 0.532. The molecule has 148 valence electrons. The number of rotatable bonds is 5. The van der Waals surface area contributed by atoms with Crippen LogP contribution in [0.5, 0.6) is 11.5 Å². The Morgan fingerprint density at radius 3 is 1.96 bits per heavy atom. The molecule has 1 atom stereocenters. The van der Waals surface area contributed by atoms with Gasteiger partial charge in [-0.05, 0) is 74.4 Å². The molecule has 7 heteroatoms. The number of hydrogen-bond acceptors (Lipinski definition) is 3. The van der Waals surface area contributed by atoms with Crippen LogP contribution in [-0.4, -0.2) is 16.7 Å². The zero-order valence-corrected chi connectivity index (χ0v) is 20.0. The van der Waals surface area contributed by atoms with Crippen molar-refractivity contribution in [2.45, 2.75) is 52.7 Å². The average molecular weight is 435 g/mol. The Morgan fingerprint density at radius 2 is 1.46 bits per heavy atom. The Labute approximate surface area is 192 Å². The van der Waals surface area contributed by atoms with Crippen LogP contribution in [0.2, 0.25) is 10.0 Å². The van der Waals surface area contributed by atoms with Crippen LogP contribution in [0, 0.1) is 0 Å². The van der Waals surface area contributed by atoms with Gasteiger partial charge in [0.15, 0.2) is 5.52 Å². The van der Waals surface area contributed by atoms with Crippen LogP contribution in [0.4, 0.5) is 0 Å². The van der Waals surface area contributed by atoms with E-state index in [9.17, 15) is 4.79 Å². The van der Waals surface area contributed by atoms with E-state index in [1.165, 1.54) is 0 Å². The molecule has 0 fully saturated rings. The molecule has 28 heavy (non-hydrogen) atoms. The maximum Gasteiger partial charge on any atom is 1.00 e. The number of carbonyl (C=O) groups excluding carboxylic acids is 1. The standard InChI is InChI=1S/C21H25Cl2O3P.Li.H/c1-20(2,3)25-13-10-11-17(16(12-13)26-21(4,5)6)27-19(24)18-14(22)8-7-9-15(18)23;;/h7-12,27H,1-6H3;;/q;+1;-1. The normalized spacial score (nSPS) is 12.0. The van der Waals surface area contributed by atoms with E-state index in [-0.39, 0.29) is 40.0 Å². The number of hydrogen-bond donors (Lipinski definition) is 0. The van der Waals surface area contributed by atoms with Crippen LogP contribution in [-0.2, 0) is 0 Å². The Bertz CT molecular complexity index is 829. The predicted molar refractivity (Wildman–Crippen MR) is 117 cm³/mol. The summed E-state index contributed by atoms with van der Waals surface area (Å²) in [6, 6.07) is 10.6. The van der Waals surface area contributed by atoms with Crippen LogP contribution >= 0.6 is 31.8 Å². The molecule has 0 aromatic heterocycles. The van der Waals surface area contributed by atoms with E-state index in [1.54, 1.807) is 18.2 Å². The molecular formula is C21H26Cl2LiO3P. The molecule has 0 aliphatic carbocycles. The Kier molecular flexibility index (Phi) is 8.95. The van der Waals surface area contributed by atoms with Crippen molar-refractivity contribution in [3.63, 3.8) is 0 Å². The molecule has 2 aromatic rings. The van der Waals surface area contributed by atoms with Gasteiger partial charge >= 0.3 is 18.9 Å². The largest absolute Gasteiger partial charge is 1.00 e. The SMILES string of the molecule is CC(C)(C)Oc1ccc(PC(=O)c2c(Cl)cccc2Cl)c(OC(C)(C)C)c1.[H-].[Li+]. The van der Waals surface area contributed by atoms with E-state index in [0.717, 1.165) is 5.30 Å². The van der Waals surface area contributed by atoms with Crippen LogP contribution < -0.4 is 33.6 Å². The smallest absolute Gasteiger partial charge is 1.00 e. The van der Waals surface area contributed by atoms with Crippen LogP contribution in [0.3, 0.4) is 0 Å². The van der Waals surface area contributed by atoms with Gasteiger partial charge in [-0.25, -0.2) is 0 Å². The minimum Gasteiger partial charge on any atom is -1.00 e. The third-order valence-electron chi connectivity index (χ3n) is 3.23. The van der Waals surface area contributed by atoms with E-state index in [4.69, 9.17) is 32.7 Å². The topological polar surface area (TPSA) is 35.5 Å². The minimum atomic E-state index is -0.412. The molecule has 0 heterocycles. The van der Waals surface area contributed by atoms with Crippen molar-refractivity contribution in [3.8, 4) is 11.5 Å². The maximum atomic E-state index is 12.8. The molecule has 0 saturated carbocycles. The molecule has 0 aliphatic rings. The summed E-state index contributed by atoms with van der Waals surface area (Å²) in [4.78, 5) is 12.8. The summed E-state index contributed by atoms with van der Waals surface area (Å²) in [7, 11) is -0.171. The first-order valence-electron chi connectivity index (χ1n) is 8.63. The first-order chi connectivity index (χ1) is 12.4. The van der Waals surface area contributed by atoms with Crippen molar-refractivity contribution >= 4 is 42.6 Å². The summed E-state index contributed by atoms with van der Waals surface area (Å²) >= 11 is 12.4. The van der Waals surface area contributed by atoms with Gasteiger partial charge in [0.1, 0.15) is 22.7 Å². The second-order valence-corrected chi connectivity index (χ2v) is 10.2. The third-order valence-corrected chi connectivity index (χ3v) is 5.02. The van der Waals surface area contributed by atoms with Gasteiger partial charge in [-0.1, -0.05) is 29.3 Å². The van der Waals surface area contributed by atoms with Crippen molar-refractivity contribution in [3.05, 3.63) is 52.0 Å². The molecule has 0 spiro atoms. The molecule has 2 aromatic carbocycles. The van der Waals surface area contributed by atoms with E-state index in [1.807, 2.05) is 59.7 Å². The number of halogens is 2. The van der Waals surface area contributed by atoms with Gasteiger partial charge in [-0.15, -0.1) is 0 Å². The van der Waals surface area contributed by atoms with Gasteiger partial charge in [0.05, 0.1) is 15.6 Å². The van der Waals surface area contributed by atoms with E-state index >= 15 is 0 Å². The minimum absolute atomic E-state index is 0. The van der Waals surface area contributed by atoms with E-state index in [2.05, 4.69) is 0 Å². The molecule has 0 bridgehead atoms. The molecule has 2 rings (SSSR count). The molecule has 0 radical (unpaired) electrons. The van der Waals surface area contributed by atoms with Gasteiger partial charge < -0.3 is 10.9 Å². The second kappa shape index (κ2) is 9.88. The zero-order chi connectivity index (χ0) is 20.4. The first kappa shape index (κ1) is 25.4. The molecule has 0 aliphatic heterocycles. The van der Waals surface area contributed by atoms with Gasteiger partial charge in [0, 0.05) is 11.4 Å². The maximum absolute atomic E-state index is 12.8. The van der Waals surface area contributed by atoms with Gasteiger partial charge in [-0.3, -0.25) is 4.79 Å². The fraction of sp³-hybridized carbons (Fsp3) is 0.381. The molecular weight excluding hydrogens is 409 g/mol. The van der Waals surface area contributed by atoms with Gasteiger partial charge in [-0.2, -0.15) is 0 Å². The number of ether oxygens (including phenoxy) is 2. The molecule has 0 amide bonds. The zero-order valence-electron chi connectivity index (χ0n) is 18.4. The summed E-state index contributed by atoms with van der Waals surface area (Å²) in [6.07, 6.45) is 0. The summed E-state index contributed by atoms with van der Waals surface area (Å²) in [5.74, 6) is 1.32. The van der Waals surface area contributed by atoms with E-state index < -0.39 is 5.60 Å². The second-order valence-electron chi connectivity index (χ2n) is 8.14. The average Bonchev–Trinajstić information content (AvgIpc) is 2.46. The summed E-state index contributed by atoms with van der Waals surface area (Å²) in [5, 5.41) is 1.49. The third kappa shape index (κ3) is 7.62. The molecule has 0 N–H and O–H groups in total. The molecule has 3 nitrogen and oxygen atoms in total. The Balaban J connectivity index is 0.00000392.